The monoisotopic (exact) mass is 289 g/mol. The lowest BCUT2D eigenvalue weighted by Crippen LogP contribution is -2.34. The van der Waals surface area contributed by atoms with Gasteiger partial charge in [-0.25, -0.2) is 0 Å². The molecule has 2 nitrogen and oxygen atoms in total. The maximum atomic E-state index is 6.44. The van der Waals surface area contributed by atoms with Gasteiger partial charge in [-0.3, -0.25) is 0 Å². The van der Waals surface area contributed by atoms with E-state index in [1.807, 2.05) is 7.05 Å². The average molecular weight is 289 g/mol. The molecule has 0 amide bonds. The fraction of sp³-hybridized carbons (Fsp3) is 0.684. The van der Waals surface area contributed by atoms with Crippen molar-refractivity contribution < 1.29 is 4.74 Å². The summed E-state index contributed by atoms with van der Waals surface area (Å²) in [5, 5.41) is 3.39. The molecule has 1 aliphatic rings. The van der Waals surface area contributed by atoms with Gasteiger partial charge in [-0.1, -0.05) is 45.9 Å². The first-order chi connectivity index (χ1) is 9.95. The van der Waals surface area contributed by atoms with Gasteiger partial charge in [0.2, 0.25) is 0 Å². The number of para-hydroxylation sites is 1. The van der Waals surface area contributed by atoms with Crippen molar-refractivity contribution in [2.75, 3.05) is 7.05 Å². The molecular formula is C19H31NO. The molecule has 0 aliphatic heterocycles. The Labute approximate surface area is 130 Å². The van der Waals surface area contributed by atoms with Crippen molar-refractivity contribution in [3.05, 3.63) is 29.8 Å². The molecule has 0 heterocycles. The highest BCUT2D eigenvalue weighted by atomic mass is 16.5. The van der Waals surface area contributed by atoms with E-state index in [2.05, 4.69) is 57.3 Å². The second kappa shape index (κ2) is 6.83. The molecule has 1 aliphatic carbocycles. The third-order valence-corrected chi connectivity index (χ3v) is 4.69. The zero-order chi connectivity index (χ0) is 15.5. The number of ether oxygens (including phenoxy) is 1. The van der Waals surface area contributed by atoms with Gasteiger partial charge in [-0.2, -0.15) is 0 Å². The number of rotatable bonds is 5. The summed E-state index contributed by atoms with van der Waals surface area (Å²) in [4.78, 5) is 0. The van der Waals surface area contributed by atoms with Gasteiger partial charge >= 0.3 is 0 Å². The van der Waals surface area contributed by atoms with Gasteiger partial charge < -0.3 is 10.1 Å². The lowest BCUT2D eigenvalue weighted by Gasteiger charge is -2.39. The van der Waals surface area contributed by atoms with Gasteiger partial charge in [-0.05, 0) is 50.1 Å². The zero-order valence-corrected chi connectivity index (χ0v) is 14.3. The molecule has 1 N–H and O–H groups in total. The highest BCUT2D eigenvalue weighted by Gasteiger charge is 2.33. The fourth-order valence-corrected chi connectivity index (χ4v) is 3.98. The van der Waals surface area contributed by atoms with Crippen molar-refractivity contribution in [3.63, 3.8) is 0 Å². The summed E-state index contributed by atoms with van der Waals surface area (Å²) in [5.41, 5.74) is 1.68. The van der Waals surface area contributed by atoms with E-state index in [9.17, 15) is 0 Å². The fourth-order valence-electron chi connectivity index (χ4n) is 3.98. The molecule has 3 atom stereocenters. The van der Waals surface area contributed by atoms with Gasteiger partial charge in [0, 0.05) is 11.6 Å². The Morgan fingerprint density at radius 1 is 1.29 bits per heavy atom. The van der Waals surface area contributed by atoms with Crippen LogP contribution in [0.25, 0.3) is 0 Å². The Morgan fingerprint density at radius 3 is 2.62 bits per heavy atom. The molecule has 3 unspecified atom stereocenters. The molecule has 1 saturated carbocycles. The van der Waals surface area contributed by atoms with Gasteiger partial charge in [0.1, 0.15) is 5.75 Å². The molecule has 0 aromatic heterocycles. The van der Waals surface area contributed by atoms with Gasteiger partial charge in [-0.15, -0.1) is 0 Å². The van der Waals surface area contributed by atoms with Crippen molar-refractivity contribution in [2.24, 2.45) is 11.3 Å². The van der Waals surface area contributed by atoms with Crippen molar-refractivity contribution in [1.29, 1.82) is 0 Å². The second-order valence-electron chi connectivity index (χ2n) is 7.44. The minimum atomic E-state index is 0.347. The van der Waals surface area contributed by atoms with Crippen LogP contribution in [-0.2, 0) is 0 Å². The summed E-state index contributed by atoms with van der Waals surface area (Å²) in [5.74, 6) is 1.81. The number of hydrogen-bond donors (Lipinski definition) is 1. The van der Waals surface area contributed by atoms with Crippen LogP contribution in [-0.4, -0.2) is 13.2 Å². The quantitative estimate of drug-likeness (QED) is 0.828. The molecular weight excluding hydrogens is 258 g/mol. The summed E-state index contributed by atoms with van der Waals surface area (Å²) >= 11 is 0. The van der Waals surface area contributed by atoms with E-state index in [0.29, 0.717) is 17.6 Å². The van der Waals surface area contributed by atoms with Crippen LogP contribution in [0.5, 0.6) is 5.75 Å². The topological polar surface area (TPSA) is 21.3 Å². The van der Waals surface area contributed by atoms with Crippen molar-refractivity contribution >= 4 is 0 Å². The lowest BCUT2D eigenvalue weighted by molar-refractivity contribution is 0.0552. The van der Waals surface area contributed by atoms with E-state index in [1.165, 1.54) is 18.4 Å². The second-order valence-corrected chi connectivity index (χ2v) is 7.44. The summed E-state index contributed by atoms with van der Waals surface area (Å²) in [6.07, 6.45) is 5.06. The van der Waals surface area contributed by atoms with Crippen molar-refractivity contribution in [1.82, 2.24) is 5.32 Å². The summed E-state index contributed by atoms with van der Waals surface area (Å²) < 4.78 is 6.44. The van der Waals surface area contributed by atoms with E-state index < -0.39 is 0 Å². The third kappa shape index (κ3) is 4.23. The first kappa shape index (κ1) is 16.4. The predicted octanol–water partition coefficient (Wildman–Crippen LogP) is 4.95. The summed E-state index contributed by atoms with van der Waals surface area (Å²) in [7, 11) is 2.02. The van der Waals surface area contributed by atoms with Crippen LogP contribution in [0.3, 0.4) is 0 Å². The van der Waals surface area contributed by atoms with E-state index >= 15 is 0 Å². The molecule has 1 aromatic carbocycles. The average Bonchev–Trinajstić information content (AvgIpc) is 2.39. The van der Waals surface area contributed by atoms with Crippen LogP contribution < -0.4 is 10.1 Å². The Morgan fingerprint density at radius 2 is 2.00 bits per heavy atom. The molecule has 21 heavy (non-hydrogen) atoms. The standard InChI is InChI=1S/C19H31NO/c1-6-17(20-5)16-9-7-8-10-18(16)21-15-11-14(2)12-19(3,4)13-15/h7-10,14-15,17,20H,6,11-13H2,1-5H3. The third-order valence-electron chi connectivity index (χ3n) is 4.69. The Bertz CT molecular complexity index is 451. The number of nitrogens with one attached hydrogen (secondary N) is 1. The normalized spacial score (nSPS) is 26.3. The minimum absolute atomic E-state index is 0.347. The van der Waals surface area contributed by atoms with Gasteiger partial charge in [0.15, 0.2) is 0 Å². The molecule has 2 rings (SSSR count). The minimum Gasteiger partial charge on any atom is -0.490 e. The summed E-state index contributed by atoms with van der Waals surface area (Å²) in [6, 6.07) is 8.88. The van der Waals surface area contributed by atoms with Crippen LogP contribution in [0.2, 0.25) is 0 Å². The maximum absolute atomic E-state index is 6.44. The van der Waals surface area contributed by atoms with Crippen molar-refractivity contribution in [2.45, 2.75) is 65.5 Å². The molecule has 2 heteroatoms. The molecule has 118 valence electrons. The maximum Gasteiger partial charge on any atom is 0.124 e. The smallest absolute Gasteiger partial charge is 0.124 e. The molecule has 1 fully saturated rings. The first-order valence-corrected chi connectivity index (χ1v) is 8.38. The summed E-state index contributed by atoms with van der Waals surface area (Å²) in [6.45, 7) is 9.30. The number of benzene rings is 1. The Balaban J connectivity index is 2.16. The highest BCUT2D eigenvalue weighted by Crippen LogP contribution is 2.40. The van der Waals surface area contributed by atoms with Crippen LogP contribution in [0.15, 0.2) is 24.3 Å². The highest BCUT2D eigenvalue weighted by molar-refractivity contribution is 5.36. The van der Waals surface area contributed by atoms with Gasteiger partial charge in [0.05, 0.1) is 6.10 Å². The lowest BCUT2D eigenvalue weighted by atomic mass is 9.71. The first-order valence-electron chi connectivity index (χ1n) is 8.38. The molecule has 1 aromatic rings. The van der Waals surface area contributed by atoms with Crippen LogP contribution in [0, 0.1) is 11.3 Å². The molecule has 0 radical (unpaired) electrons. The van der Waals surface area contributed by atoms with E-state index in [0.717, 1.165) is 24.5 Å². The SMILES string of the molecule is CCC(NC)c1ccccc1OC1CC(C)CC(C)(C)C1. The Kier molecular flexibility index (Phi) is 5.32. The van der Waals surface area contributed by atoms with Crippen molar-refractivity contribution in [3.8, 4) is 5.75 Å². The Hall–Kier alpha value is -1.02. The largest absolute Gasteiger partial charge is 0.490 e. The van der Waals surface area contributed by atoms with Gasteiger partial charge in [0.25, 0.3) is 0 Å². The predicted molar refractivity (Wildman–Crippen MR) is 89.7 cm³/mol. The zero-order valence-electron chi connectivity index (χ0n) is 14.3. The van der Waals surface area contributed by atoms with E-state index in [1.54, 1.807) is 0 Å². The van der Waals surface area contributed by atoms with Crippen LogP contribution in [0.1, 0.15) is 65.0 Å². The van der Waals surface area contributed by atoms with Crippen LogP contribution >= 0.6 is 0 Å². The molecule has 0 spiro atoms. The number of hydrogen-bond acceptors (Lipinski definition) is 2. The van der Waals surface area contributed by atoms with E-state index in [4.69, 9.17) is 4.74 Å². The molecule has 0 saturated heterocycles. The molecule has 0 bridgehead atoms. The van der Waals surface area contributed by atoms with Crippen LogP contribution in [0.4, 0.5) is 0 Å². The van der Waals surface area contributed by atoms with E-state index in [-0.39, 0.29) is 0 Å².